The van der Waals surface area contributed by atoms with Gasteiger partial charge in [-0.3, -0.25) is 19.8 Å². The van der Waals surface area contributed by atoms with E-state index in [-0.39, 0.29) is 11.6 Å². The van der Waals surface area contributed by atoms with Gasteiger partial charge in [-0.15, -0.1) is 6.58 Å². The molecule has 0 atom stereocenters. The molecule has 0 bridgehead atoms. The van der Waals surface area contributed by atoms with Gasteiger partial charge in [0.2, 0.25) is 0 Å². The van der Waals surface area contributed by atoms with Crippen LogP contribution < -0.4 is 14.4 Å². The van der Waals surface area contributed by atoms with Crippen molar-refractivity contribution in [2.24, 2.45) is 0 Å². The Morgan fingerprint density at radius 1 is 1.14 bits per heavy atom. The summed E-state index contributed by atoms with van der Waals surface area (Å²) in [5.41, 5.74) is 2.86. The molecule has 0 radical (unpaired) electrons. The summed E-state index contributed by atoms with van der Waals surface area (Å²) in [6.45, 7) is 4.22. The number of hydrogen-bond donors (Lipinski definition) is 0. The van der Waals surface area contributed by atoms with Crippen LogP contribution in [0.25, 0.3) is 6.08 Å². The number of benzene rings is 3. The molecular formula is C27H22N2O5S2. The Labute approximate surface area is 218 Å². The summed E-state index contributed by atoms with van der Waals surface area (Å²) in [5.74, 6) is 0.799. The van der Waals surface area contributed by atoms with Crippen LogP contribution in [0.1, 0.15) is 16.7 Å². The van der Waals surface area contributed by atoms with Crippen molar-refractivity contribution in [3.05, 3.63) is 111 Å². The minimum absolute atomic E-state index is 0.115. The Balaban J connectivity index is 1.65. The number of carbonyl (C=O) groups is 1. The largest absolute Gasteiger partial charge is 0.493 e. The molecule has 0 saturated carbocycles. The summed E-state index contributed by atoms with van der Waals surface area (Å²) in [7, 11) is 1.56. The third kappa shape index (κ3) is 5.48. The number of nitro groups is 1. The van der Waals surface area contributed by atoms with Gasteiger partial charge in [0.15, 0.2) is 15.8 Å². The summed E-state index contributed by atoms with van der Waals surface area (Å²) < 4.78 is 12.0. The number of allylic oxidation sites excluding steroid dienone is 1. The van der Waals surface area contributed by atoms with Crippen LogP contribution in [0.2, 0.25) is 0 Å². The average Bonchev–Trinajstić information content (AvgIpc) is 3.16. The number of rotatable bonds is 9. The summed E-state index contributed by atoms with van der Waals surface area (Å²) >= 11 is 6.56. The third-order valence-corrected chi connectivity index (χ3v) is 6.66. The van der Waals surface area contributed by atoms with Crippen molar-refractivity contribution in [1.29, 1.82) is 0 Å². The maximum Gasteiger partial charge on any atom is 0.271 e. The molecule has 3 aromatic carbocycles. The number of amides is 1. The number of nitro benzene ring substituents is 1. The molecule has 4 rings (SSSR count). The lowest BCUT2D eigenvalue weighted by Gasteiger charge is -2.16. The Kier molecular flexibility index (Phi) is 7.82. The lowest BCUT2D eigenvalue weighted by Crippen LogP contribution is -2.27. The van der Waals surface area contributed by atoms with Crippen molar-refractivity contribution >= 4 is 51.7 Å². The standard InChI is InChI=1S/C27H22N2O5S2/c1-3-8-20-13-19(14-23(33-2)25(20)34-17-18-9-5-4-6-10-18)15-24-26(30)28(27(35)36-24)21-11-7-12-22(16-21)29(31)32/h3-7,9-16H,1,8,17H2,2H3/b24-15+. The van der Waals surface area contributed by atoms with Crippen LogP contribution in [0.3, 0.4) is 0 Å². The van der Waals surface area contributed by atoms with E-state index in [0.717, 1.165) is 28.5 Å². The topological polar surface area (TPSA) is 81.9 Å². The monoisotopic (exact) mass is 518 g/mol. The molecule has 0 unspecified atom stereocenters. The molecule has 1 heterocycles. The van der Waals surface area contributed by atoms with Crippen molar-refractivity contribution in [3.63, 3.8) is 0 Å². The predicted octanol–water partition coefficient (Wildman–Crippen LogP) is 6.32. The predicted molar refractivity (Wildman–Crippen MR) is 146 cm³/mol. The Bertz CT molecular complexity index is 1370. The van der Waals surface area contributed by atoms with E-state index < -0.39 is 4.92 Å². The van der Waals surface area contributed by atoms with Gasteiger partial charge in [0.25, 0.3) is 11.6 Å². The Hall–Kier alpha value is -3.95. The first-order valence-corrected chi connectivity index (χ1v) is 12.1. The maximum atomic E-state index is 13.2. The second kappa shape index (κ2) is 11.2. The van der Waals surface area contributed by atoms with E-state index in [0.29, 0.717) is 39.4 Å². The number of non-ortho nitro benzene ring substituents is 1. The number of hydrogen-bond acceptors (Lipinski definition) is 7. The Morgan fingerprint density at radius 2 is 1.92 bits per heavy atom. The van der Waals surface area contributed by atoms with Crippen LogP contribution >= 0.6 is 24.0 Å². The lowest BCUT2D eigenvalue weighted by molar-refractivity contribution is -0.384. The fourth-order valence-electron chi connectivity index (χ4n) is 3.71. The fourth-order valence-corrected chi connectivity index (χ4v) is 5.01. The van der Waals surface area contributed by atoms with Gasteiger partial charge in [-0.1, -0.05) is 66.5 Å². The minimum atomic E-state index is -0.508. The molecule has 7 nitrogen and oxygen atoms in total. The number of thioether (sulfide) groups is 1. The molecule has 36 heavy (non-hydrogen) atoms. The first-order valence-electron chi connectivity index (χ1n) is 10.9. The zero-order valence-corrected chi connectivity index (χ0v) is 21.0. The number of thiocarbonyl (C=S) groups is 1. The van der Waals surface area contributed by atoms with Crippen molar-refractivity contribution in [2.75, 3.05) is 12.0 Å². The fraction of sp³-hybridized carbons (Fsp3) is 0.111. The zero-order valence-electron chi connectivity index (χ0n) is 19.4. The zero-order chi connectivity index (χ0) is 25.7. The van der Waals surface area contributed by atoms with Crippen molar-refractivity contribution in [2.45, 2.75) is 13.0 Å². The van der Waals surface area contributed by atoms with Crippen LogP contribution in [0, 0.1) is 10.1 Å². The smallest absolute Gasteiger partial charge is 0.271 e. The van der Waals surface area contributed by atoms with Gasteiger partial charge in [-0.2, -0.15) is 0 Å². The number of ether oxygens (including phenoxy) is 2. The van der Waals surface area contributed by atoms with Crippen LogP contribution in [0.5, 0.6) is 11.5 Å². The number of carbonyl (C=O) groups excluding carboxylic acids is 1. The molecule has 3 aromatic rings. The highest BCUT2D eigenvalue weighted by Crippen LogP contribution is 2.39. The second-order valence-electron chi connectivity index (χ2n) is 7.77. The minimum Gasteiger partial charge on any atom is -0.493 e. The number of anilines is 1. The molecule has 1 amide bonds. The van der Waals surface area contributed by atoms with Gasteiger partial charge in [-0.25, -0.2) is 0 Å². The third-order valence-electron chi connectivity index (χ3n) is 5.35. The molecule has 1 fully saturated rings. The van der Waals surface area contributed by atoms with E-state index in [2.05, 4.69) is 6.58 Å². The Morgan fingerprint density at radius 3 is 2.61 bits per heavy atom. The highest BCUT2D eigenvalue weighted by molar-refractivity contribution is 8.27. The molecule has 0 aromatic heterocycles. The summed E-state index contributed by atoms with van der Waals surface area (Å²) in [6.07, 6.45) is 4.04. The maximum absolute atomic E-state index is 13.2. The first-order chi connectivity index (χ1) is 17.4. The van der Waals surface area contributed by atoms with E-state index in [1.54, 1.807) is 31.4 Å². The summed E-state index contributed by atoms with van der Waals surface area (Å²) in [5, 5.41) is 11.2. The van der Waals surface area contributed by atoms with E-state index in [9.17, 15) is 14.9 Å². The van der Waals surface area contributed by atoms with E-state index in [4.69, 9.17) is 21.7 Å². The van der Waals surface area contributed by atoms with Gasteiger partial charge in [0.1, 0.15) is 6.61 Å². The van der Waals surface area contributed by atoms with Crippen molar-refractivity contribution in [3.8, 4) is 11.5 Å². The van der Waals surface area contributed by atoms with Gasteiger partial charge in [0, 0.05) is 17.7 Å². The van der Waals surface area contributed by atoms with E-state index >= 15 is 0 Å². The van der Waals surface area contributed by atoms with Gasteiger partial charge < -0.3 is 9.47 Å². The normalized spacial score (nSPS) is 14.2. The van der Waals surface area contributed by atoms with E-state index in [1.165, 1.54) is 23.1 Å². The summed E-state index contributed by atoms with van der Waals surface area (Å²) in [6, 6.07) is 19.4. The molecular weight excluding hydrogens is 496 g/mol. The van der Waals surface area contributed by atoms with Gasteiger partial charge in [-0.05, 0) is 41.8 Å². The van der Waals surface area contributed by atoms with Crippen LogP contribution in [-0.4, -0.2) is 22.3 Å². The number of methoxy groups -OCH3 is 1. The van der Waals surface area contributed by atoms with Gasteiger partial charge >= 0.3 is 0 Å². The molecule has 9 heteroatoms. The molecule has 0 spiro atoms. The quantitative estimate of drug-likeness (QED) is 0.108. The average molecular weight is 519 g/mol. The first kappa shape index (κ1) is 25.2. The summed E-state index contributed by atoms with van der Waals surface area (Å²) in [4.78, 5) is 25.6. The SMILES string of the molecule is C=CCc1cc(/C=C2/SC(=S)N(c3cccc([N+](=O)[O-])c3)C2=O)cc(OC)c1OCc1ccccc1. The molecule has 1 aliphatic rings. The highest BCUT2D eigenvalue weighted by atomic mass is 32.2. The molecule has 1 saturated heterocycles. The molecule has 182 valence electrons. The molecule has 0 aliphatic carbocycles. The van der Waals surface area contributed by atoms with Crippen molar-refractivity contribution < 1.29 is 19.2 Å². The highest BCUT2D eigenvalue weighted by Gasteiger charge is 2.34. The number of nitrogens with zero attached hydrogens (tertiary/aromatic N) is 2. The second-order valence-corrected chi connectivity index (χ2v) is 9.45. The lowest BCUT2D eigenvalue weighted by atomic mass is 10.0. The van der Waals surface area contributed by atoms with Crippen LogP contribution in [0.4, 0.5) is 11.4 Å². The molecule has 1 aliphatic heterocycles. The van der Waals surface area contributed by atoms with Crippen LogP contribution in [-0.2, 0) is 17.8 Å². The van der Waals surface area contributed by atoms with Gasteiger partial charge in [0.05, 0.1) is 22.6 Å². The van der Waals surface area contributed by atoms with Crippen molar-refractivity contribution in [1.82, 2.24) is 0 Å². The molecule has 0 N–H and O–H groups in total. The van der Waals surface area contributed by atoms with E-state index in [1.807, 2.05) is 36.4 Å². The van der Waals surface area contributed by atoms with Crippen LogP contribution in [0.15, 0.2) is 84.3 Å².